The standard InChI is InChI=1S/C17H36.C10H16Cl3F5Si/c1-3-5-7-9-11-13-15-17-16-14-12-10-8-6-4-2;11-19(12,13)10(17,18)9(15,16)7-5-3-1-2-4-6-8-14/h3-17H2,1-2H3;1-8H2. The summed E-state index contributed by atoms with van der Waals surface area (Å²) in [7, 11) is 0. The lowest BCUT2D eigenvalue weighted by atomic mass is 10.0. The first-order valence-electron chi connectivity index (χ1n) is 14.4. The van der Waals surface area contributed by atoms with Gasteiger partial charge in [-0.15, -0.1) is 33.2 Å². The van der Waals surface area contributed by atoms with E-state index >= 15 is 0 Å². The summed E-state index contributed by atoms with van der Waals surface area (Å²) in [6, 6.07) is -4.81. The van der Waals surface area contributed by atoms with Crippen molar-refractivity contribution < 1.29 is 22.0 Å². The van der Waals surface area contributed by atoms with E-state index in [4.69, 9.17) is 33.2 Å². The molecular weight excluding hydrogens is 554 g/mol. The van der Waals surface area contributed by atoms with Crippen LogP contribution in [0.1, 0.15) is 155 Å². The van der Waals surface area contributed by atoms with Crippen LogP contribution in [0.2, 0.25) is 0 Å². The monoisotopic (exact) mass is 604 g/mol. The molecule has 0 atom stereocenters. The molecule has 0 heterocycles. The number of unbranched alkanes of at least 4 members (excludes halogenated alkanes) is 19. The molecule has 0 amide bonds. The summed E-state index contributed by atoms with van der Waals surface area (Å²) in [5, 5.41) is 0. The van der Waals surface area contributed by atoms with Crippen LogP contribution in [0.4, 0.5) is 22.0 Å². The Bertz CT molecular complexity index is 449. The lowest BCUT2D eigenvalue weighted by Crippen LogP contribution is -2.53. The second kappa shape index (κ2) is 24.8. The van der Waals surface area contributed by atoms with Crippen molar-refractivity contribution in [2.24, 2.45) is 0 Å². The van der Waals surface area contributed by atoms with Crippen molar-refractivity contribution in [1.29, 1.82) is 0 Å². The molecule has 0 nitrogen and oxygen atoms in total. The van der Waals surface area contributed by atoms with Gasteiger partial charge in [0.1, 0.15) is 0 Å². The number of hydrogen-bond donors (Lipinski definition) is 0. The highest BCUT2D eigenvalue weighted by atomic mass is 35.8. The summed E-state index contributed by atoms with van der Waals surface area (Å²) in [5.41, 5.74) is -4.57. The minimum atomic E-state index is -4.81. The molecule has 0 unspecified atom stereocenters. The quantitative estimate of drug-likeness (QED) is 0.0444. The highest BCUT2D eigenvalue weighted by Crippen LogP contribution is 2.49. The molecule has 0 bridgehead atoms. The van der Waals surface area contributed by atoms with E-state index in [1.807, 2.05) is 0 Å². The molecule has 0 N–H and O–H groups in total. The summed E-state index contributed by atoms with van der Waals surface area (Å²) in [6.07, 6.45) is 23.6. The lowest BCUT2D eigenvalue weighted by Gasteiger charge is -2.30. The smallest absolute Gasteiger partial charge is 0.251 e. The van der Waals surface area contributed by atoms with Crippen LogP contribution in [0.15, 0.2) is 0 Å². The maximum absolute atomic E-state index is 13.3. The van der Waals surface area contributed by atoms with Gasteiger partial charge in [0, 0.05) is 6.42 Å². The van der Waals surface area contributed by atoms with Crippen LogP contribution in [0.3, 0.4) is 0 Å². The normalized spacial score (nSPS) is 12.5. The number of halogens is 8. The van der Waals surface area contributed by atoms with Crippen molar-refractivity contribution in [3.63, 3.8) is 0 Å². The third kappa shape index (κ3) is 21.6. The zero-order valence-corrected chi connectivity index (χ0v) is 26.1. The SMILES string of the molecule is CCCCCCCCCCCCCCCCC.FCCCCCCCCC(F)(F)C(F)(F)[Si](Cl)(Cl)Cl. The maximum Gasteiger partial charge on any atom is 0.424 e. The molecule has 0 aromatic heterocycles. The molecule has 0 aliphatic rings. The molecule has 0 fully saturated rings. The van der Waals surface area contributed by atoms with Crippen LogP contribution >= 0.6 is 33.2 Å². The Morgan fingerprint density at radius 2 is 0.750 bits per heavy atom. The summed E-state index contributed by atoms with van der Waals surface area (Å²) < 4.78 is 64.9. The molecule has 0 aliphatic carbocycles. The molecule has 0 radical (unpaired) electrons. The molecule has 36 heavy (non-hydrogen) atoms. The maximum atomic E-state index is 13.3. The summed E-state index contributed by atoms with van der Waals surface area (Å²) in [6.45, 7) is 4.18. The fraction of sp³-hybridized carbons (Fsp3) is 1.00. The topological polar surface area (TPSA) is 0 Å². The Morgan fingerprint density at radius 1 is 0.472 bits per heavy atom. The third-order valence-corrected chi connectivity index (χ3v) is 9.61. The molecule has 0 spiro atoms. The van der Waals surface area contributed by atoms with Gasteiger partial charge < -0.3 is 0 Å². The van der Waals surface area contributed by atoms with Gasteiger partial charge in [-0.05, 0) is 12.8 Å². The van der Waals surface area contributed by atoms with Crippen LogP contribution in [0.5, 0.6) is 0 Å². The van der Waals surface area contributed by atoms with E-state index in [9.17, 15) is 22.0 Å². The first-order valence-corrected chi connectivity index (χ1v) is 19.4. The molecule has 0 aromatic carbocycles. The summed E-state index contributed by atoms with van der Waals surface area (Å²) in [5.74, 6) is -4.30. The number of rotatable bonds is 24. The van der Waals surface area contributed by atoms with Crippen LogP contribution in [0, 0.1) is 0 Å². The highest BCUT2D eigenvalue weighted by Gasteiger charge is 2.69. The van der Waals surface area contributed by atoms with Gasteiger partial charge >= 0.3 is 17.5 Å². The molecule has 0 saturated carbocycles. The van der Waals surface area contributed by atoms with Gasteiger partial charge in [-0.25, -0.2) is 8.78 Å². The molecule has 9 heteroatoms. The zero-order chi connectivity index (χ0) is 27.8. The van der Waals surface area contributed by atoms with Gasteiger partial charge in [0.25, 0.3) is 0 Å². The lowest BCUT2D eigenvalue weighted by molar-refractivity contribution is -0.165. The molecule has 0 aromatic rings. The van der Waals surface area contributed by atoms with Gasteiger partial charge in [0.05, 0.1) is 6.67 Å². The van der Waals surface area contributed by atoms with Crippen molar-refractivity contribution in [2.45, 2.75) is 167 Å². The van der Waals surface area contributed by atoms with E-state index in [1.165, 1.54) is 96.3 Å². The molecule has 0 aliphatic heterocycles. The van der Waals surface area contributed by atoms with E-state index in [0.29, 0.717) is 32.1 Å². The average Bonchev–Trinajstić information content (AvgIpc) is 2.81. The molecule has 220 valence electrons. The van der Waals surface area contributed by atoms with Gasteiger partial charge in [-0.1, -0.05) is 136 Å². The van der Waals surface area contributed by atoms with Gasteiger partial charge in [-0.3, -0.25) is 4.39 Å². The fourth-order valence-corrected chi connectivity index (χ4v) is 5.74. The molecule has 0 saturated heterocycles. The minimum Gasteiger partial charge on any atom is -0.251 e. The largest absolute Gasteiger partial charge is 0.424 e. The number of hydrogen-bond acceptors (Lipinski definition) is 0. The predicted octanol–water partition coefficient (Wildman–Crippen LogP) is 13.0. The number of alkyl halides is 5. The fourth-order valence-electron chi connectivity index (χ4n) is 3.96. The highest BCUT2D eigenvalue weighted by molar-refractivity contribution is 7.65. The first-order chi connectivity index (χ1) is 17.0. The van der Waals surface area contributed by atoms with Crippen molar-refractivity contribution >= 4 is 39.2 Å². The second-order valence-electron chi connectivity index (χ2n) is 9.93. The van der Waals surface area contributed by atoms with E-state index < -0.39 is 30.6 Å². The molecule has 0 rings (SSSR count). The van der Waals surface area contributed by atoms with E-state index in [1.54, 1.807) is 0 Å². The van der Waals surface area contributed by atoms with Gasteiger partial charge in [0.2, 0.25) is 0 Å². The van der Waals surface area contributed by atoms with Crippen LogP contribution in [-0.2, 0) is 0 Å². The Hall–Kier alpha value is 0.737. The van der Waals surface area contributed by atoms with E-state index in [-0.39, 0.29) is 6.42 Å². The first kappa shape index (κ1) is 38.9. The van der Waals surface area contributed by atoms with Gasteiger partial charge in [-0.2, -0.15) is 8.78 Å². The van der Waals surface area contributed by atoms with E-state index in [2.05, 4.69) is 13.8 Å². The van der Waals surface area contributed by atoms with Crippen molar-refractivity contribution in [3.8, 4) is 0 Å². The Kier molecular flexibility index (Phi) is 26.7. The van der Waals surface area contributed by atoms with Crippen LogP contribution < -0.4 is 0 Å². The zero-order valence-electron chi connectivity index (χ0n) is 22.8. The van der Waals surface area contributed by atoms with Gasteiger partial charge in [0.15, 0.2) is 0 Å². The predicted molar refractivity (Wildman–Crippen MR) is 152 cm³/mol. The molecular formula is C27H52Cl3F5Si. The summed E-state index contributed by atoms with van der Waals surface area (Å²) >= 11 is 15.0. The Morgan fingerprint density at radius 3 is 1.03 bits per heavy atom. The minimum absolute atomic E-state index is 0.0760. The second-order valence-corrected chi connectivity index (χ2v) is 18.4. The van der Waals surface area contributed by atoms with Crippen LogP contribution in [0.25, 0.3) is 0 Å². The summed E-state index contributed by atoms with van der Waals surface area (Å²) in [4.78, 5) is 0. The Balaban J connectivity index is 0. The van der Waals surface area contributed by atoms with E-state index in [0.717, 1.165) is 0 Å². The third-order valence-electron chi connectivity index (χ3n) is 6.40. The average molecular weight is 606 g/mol. The van der Waals surface area contributed by atoms with Crippen molar-refractivity contribution in [1.82, 2.24) is 0 Å². The Labute approximate surface area is 233 Å². The van der Waals surface area contributed by atoms with Crippen molar-refractivity contribution in [3.05, 3.63) is 0 Å². The van der Waals surface area contributed by atoms with Crippen LogP contribution in [-0.4, -0.2) is 24.1 Å². The van der Waals surface area contributed by atoms with Crippen molar-refractivity contribution in [2.75, 3.05) is 6.67 Å².